The van der Waals surface area contributed by atoms with Crippen molar-refractivity contribution in [1.82, 2.24) is 14.9 Å². The van der Waals surface area contributed by atoms with Crippen molar-refractivity contribution in [3.05, 3.63) is 47.5 Å². The molecule has 1 fully saturated rings. The molecule has 190 valence electrons. The molecule has 12 heteroatoms. The van der Waals surface area contributed by atoms with Crippen LogP contribution in [0.15, 0.2) is 30.3 Å². The summed E-state index contributed by atoms with van der Waals surface area (Å²) >= 11 is 0. The maximum Gasteiger partial charge on any atom is 0.228 e. The molecule has 36 heavy (non-hydrogen) atoms. The molecule has 10 nitrogen and oxygen atoms in total. The summed E-state index contributed by atoms with van der Waals surface area (Å²) in [6.45, 7) is 1.37. The van der Waals surface area contributed by atoms with Gasteiger partial charge in [-0.2, -0.15) is 4.98 Å². The lowest BCUT2D eigenvalue weighted by Crippen LogP contribution is -2.49. The number of amides is 2. The molecule has 0 aliphatic carbocycles. The fourth-order valence-electron chi connectivity index (χ4n) is 4.22. The van der Waals surface area contributed by atoms with Gasteiger partial charge in [-0.25, -0.2) is 13.8 Å². The zero-order valence-electron chi connectivity index (χ0n) is 19.8. The van der Waals surface area contributed by atoms with E-state index in [2.05, 4.69) is 9.97 Å². The summed E-state index contributed by atoms with van der Waals surface area (Å²) in [6.07, 6.45) is -0.132. The number of fused-ring (bicyclic) bond motifs is 1. The Morgan fingerprint density at radius 1 is 1.06 bits per heavy atom. The lowest BCUT2D eigenvalue weighted by Gasteiger charge is -2.35. The van der Waals surface area contributed by atoms with Crippen LogP contribution in [0.25, 0.3) is 10.9 Å². The first kappa shape index (κ1) is 24.9. The van der Waals surface area contributed by atoms with Gasteiger partial charge in [0.2, 0.25) is 17.8 Å². The number of ether oxygens (including phenoxy) is 2. The fourth-order valence-corrected chi connectivity index (χ4v) is 4.22. The molecule has 1 aliphatic rings. The van der Waals surface area contributed by atoms with Crippen LogP contribution < -0.4 is 25.8 Å². The molecule has 1 aliphatic heterocycles. The number of nitrogen functional groups attached to an aromatic ring is 1. The predicted molar refractivity (Wildman–Crippen MR) is 129 cm³/mol. The molecule has 4 rings (SSSR count). The van der Waals surface area contributed by atoms with Gasteiger partial charge in [0.05, 0.1) is 20.1 Å². The number of benzene rings is 2. The molecule has 1 aromatic heterocycles. The molecule has 2 amide bonds. The topological polar surface area (TPSA) is 137 Å². The first-order valence-corrected chi connectivity index (χ1v) is 11.2. The van der Waals surface area contributed by atoms with E-state index in [4.69, 9.17) is 20.9 Å². The molecule has 2 heterocycles. The fraction of sp³-hybridized carbons (Fsp3) is 0.333. The summed E-state index contributed by atoms with van der Waals surface area (Å²) in [7, 11) is 2.72. The number of halogens is 2. The number of rotatable bonds is 7. The van der Waals surface area contributed by atoms with Crippen LogP contribution >= 0.6 is 0 Å². The number of nitrogens with zero attached hydrogens (tertiary/aromatic N) is 4. The molecule has 0 radical (unpaired) electrons. The lowest BCUT2D eigenvalue weighted by atomic mass is 9.94. The number of hydrogen-bond acceptors (Lipinski definition) is 8. The summed E-state index contributed by atoms with van der Waals surface area (Å²) in [5, 5.41) is 0.293. The highest BCUT2D eigenvalue weighted by Gasteiger charge is 2.28. The summed E-state index contributed by atoms with van der Waals surface area (Å²) in [6, 6.07) is 6.85. The van der Waals surface area contributed by atoms with Crippen LogP contribution in [0.3, 0.4) is 0 Å². The first-order valence-electron chi connectivity index (χ1n) is 11.2. The molecule has 0 saturated carbocycles. The summed E-state index contributed by atoms with van der Waals surface area (Å²) in [4.78, 5) is 36.9. The minimum Gasteiger partial charge on any atom is -0.493 e. The average Bonchev–Trinajstić information content (AvgIpc) is 2.87. The molecule has 0 bridgehead atoms. The largest absolute Gasteiger partial charge is 0.493 e. The number of carbonyl (C=O) groups excluding carboxylic acids is 2. The normalized spacial score (nSPS) is 14.6. The third-order valence-corrected chi connectivity index (χ3v) is 6.20. The van der Waals surface area contributed by atoms with E-state index in [-0.39, 0.29) is 41.1 Å². The number of nitrogens with two attached hydrogens (primary N) is 2. The van der Waals surface area contributed by atoms with E-state index in [0.29, 0.717) is 37.1 Å². The molecule has 0 spiro atoms. The Hall–Kier alpha value is -4.22. The van der Waals surface area contributed by atoms with Gasteiger partial charge in [-0.15, -0.1) is 0 Å². The van der Waals surface area contributed by atoms with Crippen molar-refractivity contribution in [2.75, 3.05) is 51.0 Å². The van der Waals surface area contributed by atoms with Crippen molar-refractivity contribution in [2.24, 2.45) is 5.73 Å². The third-order valence-electron chi connectivity index (χ3n) is 6.20. The molecular weight excluding hydrogens is 474 g/mol. The lowest BCUT2D eigenvalue weighted by molar-refractivity contribution is -0.134. The van der Waals surface area contributed by atoms with Gasteiger partial charge in [-0.05, 0) is 23.8 Å². The Balaban J connectivity index is 1.48. The van der Waals surface area contributed by atoms with Crippen molar-refractivity contribution in [3.8, 4) is 11.5 Å². The Bertz CT molecular complexity index is 1300. The second kappa shape index (κ2) is 10.2. The smallest absolute Gasteiger partial charge is 0.228 e. The van der Waals surface area contributed by atoms with Gasteiger partial charge in [0.1, 0.15) is 17.2 Å². The van der Waals surface area contributed by atoms with E-state index in [9.17, 15) is 14.0 Å². The molecule has 3 aromatic rings. The van der Waals surface area contributed by atoms with Crippen LogP contribution in [0.1, 0.15) is 17.9 Å². The van der Waals surface area contributed by atoms with E-state index in [1.807, 2.05) is 0 Å². The van der Waals surface area contributed by atoms with E-state index in [1.54, 1.807) is 9.80 Å². The van der Waals surface area contributed by atoms with Crippen LogP contribution in [0.2, 0.25) is 0 Å². The maximum atomic E-state index is 15.1. The predicted octanol–water partition coefficient (Wildman–Crippen LogP) is 1.82. The summed E-state index contributed by atoms with van der Waals surface area (Å²) in [5.74, 6) is -2.56. The van der Waals surface area contributed by atoms with Crippen molar-refractivity contribution < 1.29 is 27.8 Å². The third kappa shape index (κ3) is 4.79. The Morgan fingerprint density at radius 2 is 1.72 bits per heavy atom. The van der Waals surface area contributed by atoms with Crippen LogP contribution in [0.4, 0.5) is 20.5 Å². The maximum absolute atomic E-state index is 15.1. The molecule has 2 aromatic carbocycles. The van der Waals surface area contributed by atoms with Crippen LogP contribution in [0, 0.1) is 11.6 Å². The summed E-state index contributed by atoms with van der Waals surface area (Å²) < 4.78 is 38.6. The summed E-state index contributed by atoms with van der Waals surface area (Å²) in [5.41, 5.74) is 12.1. The number of primary amides is 1. The van der Waals surface area contributed by atoms with Gasteiger partial charge in [0, 0.05) is 38.0 Å². The standard InChI is InChI=1S/C24H26F2N6O4/c1-35-17-11-16-20(19(26)21(17)36-2)29-24(30-22(16)27)32-9-7-31(8-10-32)18(33)12-15(23(28)34)13-3-5-14(25)6-4-13/h3-6,11,15H,7-10,12H2,1-2H3,(H2,28,34)(H2,27,29,30). The zero-order chi connectivity index (χ0) is 26.0. The van der Waals surface area contributed by atoms with Crippen LogP contribution in [-0.4, -0.2) is 67.1 Å². The van der Waals surface area contributed by atoms with E-state index in [0.717, 1.165) is 0 Å². The minimum atomic E-state index is -0.866. The number of anilines is 2. The highest BCUT2D eigenvalue weighted by molar-refractivity contribution is 5.92. The Morgan fingerprint density at radius 3 is 2.31 bits per heavy atom. The van der Waals surface area contributed by atoms with Gasteiger partial charge < -0.3 is 30.7 Å². The van der Waals surface area contributed by atoms with Crippen molar-refractivity contribution in [2.45, 2.75) is 12.3 Å². The Kier molecular flexibility index (Phi) is 7.04. The number of methoxy groups -OCH3 is 2. The number of piperazine rings is 1. The SMILES string of the molecule is COc1cc2c(N)nc(N3CCN(C(=O)CC(C(N)=O)c4ccc(F)cc4)CC3)nc2c(F)c1OC. The number of carbonyl (C=O) groups is 2. The van der Waals surface area contributed by atoms with Crippen molar-refractivity contribution >= 4 is 34.5 Å². The van der Waals surface area contributed by atoms with Gasteiger partial charge in [-0.3, -0.25) is 9.59 Å². The van der Waals surface area contributed by atoms with Gasteiger partial charge in [-0.1, -0.05) is 12.1 Å². The second-order valence-corrected chi connectivity index (χ2v) is 8.31. The minimum absolute atomic E-state index is 0.00254. The first-order chi connectivity index (χ1) is 17.2. The monoisotopic (exact) mass is 500 g/mol. The van der Waals surface area contributed by atoms with Gasteiger partial charge in [0.15, 0.2) is 17.3 Å². The zero-order valence-corrected chi connectivity index (χ0v) is 19.8. The number of hydrogen-bond donors (Lipinski definition) is 2. The molecular formula is C24H26F2N6O4. The quantitative estimate of drug-likeness (QED) is 0.501. The van der Waals surface area contributed by atoms with E-state index in [1.165, 1.54) is 44.6 Å². The van der Waals surface area contributed by atoms with E-state index >= 15 is 4.39 Å². The molecule has 1 atom stereocenters. The molecule has 1 saturated heterocycles. The van der Waals surface area contributed by atoms with Gasteiger partial charge in [0.25, 0.3) is 0 Å². The van der Waals surface area contributed by atoms with Crippen molar-refractivity contribution in [3.63, 3.8) is 0 Å². The Labute approximate surface area is 205 Å². The number of aromatic nitrogens is 2. The average molecular weight is 501 g/mol. The van der Waals surface area contributed by atoms with Crippen LogP contribution in [0.5, 0.6) is 11.5 Å². The van der Waals surface area contributed by atoms with Crippen LogP contribution in [-0.2, 0) is 9.59 Å². The highest BCUT2D eigenvalue weighted by atomic mass is 19.1. The highest BCUT2D eigenvalue weighted by Crippen LogP contribution is 2.37. The molecule has 1 unspecified atom stereocenters. The second-order valence-electron chi connectivity index (χ2n) is 8.31. The molecule has 4 N–H and O–H groups in total. The van der Waals surface area contributed by atoms with Gasteiger partial charge >= 0.3 is 0 Å². The van der Waals surface area contributed by atoms with E-state index < -0.39 is 23.5 Å². The van der Waals surface area contributed by atoms with Crippen molar-refractivity contribution in [1.29, 1.82) is 0 Å².